The van der Waals surface area contributed by atoms with Crippen LogP contribution in [0.5, 0.6) is 0 Å². The Morgan fingerprint density at radius 3 is 1.25 bits per heavy atom. The molecule has 4 nitrogen and oxygen atoms in total. The van der Waals surface area contributed by atoms with Crippen LogP contribution >= 0.6 is 0 Å². The maximum Gasteiger partial charge on any atom is 2.00 e. The molecule has 0 aromatic heterocycles. The Morgan fingerprint density at radius 1 is 1.25 bits per heavy atom. The van der Waals surface area contributed by atoms with Crippen molar-refractivity contribution in [2.24, 2.45) is 0 Å². The molecule has 2 N–H and O–H groups in total. The Balaban J connectivity index is -0.00000000533. The molecule has 0 aromatic carbocycles. The first-order valence-electron chi connectivity index (χ1n) is 0.698. The second-order valence-electron chi connectivity index (χ2n) is 0.448. The van der Waals surface area contributed by atoms with E-state index in [9.17, 15) is 0 Å². The van der Waals surface area contributed by atoms with E-state index in [4.69, 9.17) is 17.5 Å². The molecular formula is H5BKMgO4S. The summed E-state index contributed by atoms with van der Waals surface area (Å²) in [5.74, 6) is 0. The van der Waals surface area contributed by atoms with E-state index in [1.165, 1.54) is 0 Å². The molecule has 0 aromatic rings. The van der Waals surface area contributed by atoms with Crippen molar-refractivity contribution in [1.29, 1.82) is 0 Å². The molecule has 0 fully saturated rings. The summed E-state index contributed by atoms with van der Waals surface area (Å²) in [5, 5.41) is 0. The zero-order valence-corrected chi connectivity index (χ0v) is 9.76. The molecule has 0 aliphatic heterocycles. The van der Waals surface area contributed by atoms with Gasteiger partial charge in [-0.3, -0.25) is 9.11 Å². The molecule has 0 saturated carbocycles. The quantitative estimate of drug-likeness (QED) is 0.290. The number of rotatable bonds is 0. The topological polar surface area (TPSA) is 74.6 Å². The van der Waals surface area contributed by atoms with Gasteiger partial charge >= 0.3 is 84.8 Å². The minimum atomic E-state index is -4.67. The standard InChI is InChI=1S/B.K.Mg.H2O4S.3H/c;;;1-5(2,3)4;;;/h;;;(H2,1,2,3,4);;;/q;+1;+2;;3*-1. The fourth-order valence-corrected chi connectivity index (χ4v) is 0. The van der Waals surface area contributed by atoms with Crippen molar-refractivity contribution in [3.63, 3.8) is 0 Å². The molecule has 0 bridgehead atoms. The fraction of sp³-hybridized carbons (Fsp3) is 0. The molecule has 0 unspecified atom stereocenters. The second-order valence-corrected chi connectivity index (χ2v) is 1.34. The van der Waals surface area contributed by atoms with Gasteiger partial charge in [0.1, 0.15) is 0 Å². The van der Waals surface area contributed by atoms with E-state index in [0.29, 0.717) is 0 Å². The van der Waals surface area contributed by atoms with Crippen molar-refractivity contribution in [1.82, 2.24) is 0 Å². The molecular weight excluding hydrogens is 170 g/mol. The van der Waals surface area contributed by atoms with Crippen LogP contribution in [-0.2, 0) is 10.4 Å². The van der Waals surface area contributed by atoms with E-state index in [2.05, 4.69) is 0 Å². The number of hydrogen-bond donors (Lipinski definition) is 2. The second kappa shape index (κ2) is 9.34. The van der Waals surface area contributed by atoms with Gasteiger partial charge < -0.3 is 4.28 Å². The summed E-state index contributed by atoms with van der Waals surface area (Å²) >= 11 is 0. The number of hydrogen-bond acceptors (Lipinski definition) is 2. The summed E-state index contributed by atoms with van der Waals surface area (Å²) in [6.07, 6.45) is 0. The minimum Gasteiger partial charge on any atom is -1.00 e. The third-order valence-electron chi connectivity index (χ3n) is 0. The third-order valence-corrected chi connectivity index (χ3v) is 0. The van der Waals surface area contributed by atoms with Crippen molar-refractivity contribution in [2.75, 3.05) is 0 Å². The Morgan fingerprint density at radius 2 is 1.25 bits per heavy atom. The molecule has 0 aliphatic rings. The van der Waals surface area contributed by atoms with E-state index in [0.717, 1.165) is 0 Å². The molecule has 0 spiro atoms. The van der Waals surface area contributed by atoms with E-state index in [-0.39, 0.29) is 87.1 Å². The molecule has 0 aliphatic carbocycles. The molecule has 8 heteroatoms. The van der Waals surface area contributed by atoms with Gasteiger partial charge in [0.05, 0.1) is 0 Å². The fourth-order valence-electron chi connectivity index (χ4n) is 0. The monoisotopic (exact) mass is 175 g/mol. The van der Waals surface area contributed by atoms with Crippen LogP contribution < -0.4 is 51.4 Å². The largest absolute Gasteiger partial charge is 2.00 e. The molecule has 0 rings (SSSR count). The van der Waals surface area contributed by atoms with E-state index >= 15 is 0 Å². The van der Waals surface area contributed by atoms with Gasteiger partial charge in [-0.1, -0.05) is 0 Å². The molecule has 3 radical (unpaired) electrons. The summed E-state index contributed by atoms with van der Waals surface area (Å²) < 4.78 is 31.6. The van der Waals surface area contributed by atoms with Crippen molar-refractivity contribution in [3.8, 4) is 0 Å². The first kappa shape index (κ1) is 22.4. The van der Waals surface area contributed by atoms with Crippen LogP contribution in [0.25, 0.3) is 0 Å². The molecule has 0 saturated heterocycles. The van der Waals surface area contributed by atoms with Gasteiger partial charge in [-0.25, -0.2) is 0 Å². The SMILES string of the molecule is O=S(=O)(O)O.[B].[H-].[H-].[H-].[K+].[Mg+2]. The van der Waals surface area contributed by atoms with Gasteiger partial charge in [-0.2, -0.15) is 8.42 Å². The van der Waals surface area contributed by atoms with E-state index in [1.54, 1.807) is 0 Å². The van der Waals surface area contributed by atoms with Crippen molar-refractivity contribution >= 4 is 41.9 Å². The Bertz CT molecular complexity index is 109. The van der Waals surface area contributed by atoms with Gasteiger partial charge in [0.2, 0.25) is 0 Å². The van der Waals surface area contributed by atoms with E-state index in [1.807, 2.05) is 0 Å². The van der Waals surface area contributed by atoms with Gasteiger partial charge in [0.15, 0.2) is 0 Å². The van der Waals surface area contributed by atoms with Gasteiger partial charge in [0.25, 0.3) is 0 Å². The Hall–Kier alpha value is 2.34. The van der Waals surface area contributed by atoms with Crippen LogP contribution in [0, 0.1) is 0 Å². The zero-order valence-electron chi connectivity index (χ0n) is 7.40. The summed E-state index contributed by atoms with van der Waals surface area (Å²) in [6.45, 7) is 0. The average molecular weight is 175 g/mol. The Labute approximate surface area is 113 Å². The normalized spacial score (nSPS) is 7.25. The molecule has 41 valence electrons. The molecule has 8 heavy (non-hydrogen) atoms. The summed E-state index contributed by atoms with van der Waals surface area (Å²) in [6, 6.07) is 0. The molecule has 0 atom stereocenters. The van der Waals surface area contributed by atoms with Crippen LogP contribution in [0.1, 0.15) is 4.28 Å². The average Bonchev–Trinajstić information content (AvgIpc) is 0.722. The zero-order chi connectivity index (χ0) is 4.50. The smallest absolute Gasteiger partial charge is 1.00 e. The summed E-state index contributed by atoms with van der Waals surface area (Å²) in [7, 11) is -4.67. The summed E-state index contributed by atoms with van der Waals surface area (Å²) in [4.78, 5) is 0. The first-order chi connectivity index (χ1) is 2.00. The minimum absolute atomic E-state index is 0. The van der Waals surface area contributed by atoms with Gasteiger partial charge in [-0.15, -0.1) is 0 Å². The van der Waals surface area contributed by atoms with Crippen LogP contribution in [-0.4, -0.2) is 49.0 Å². The van der Waals surface area contributed by atoms with Gasteiger partial charge in [-0.05, 0) is 0 Å². The molecule has 0 amide bonds. The molecule has 0 heterocycles. The van der Waals surface area contributed by atoms with Crippen molar-refractivity contribution < 1.29 is 73.2 Å². The van der Waals surface area contributed by atoms with Crippen LogP contribution in [0.2, 0.25) is 0 Å². The maximum absolute atomic E-state index is 8.74. The summed E-state index contributed by atoms with van der Waals surface area (Å²) in [5.41, 5.74) is 0. The van der Waals surface area contributed by atoms with E-state index < -0.39 is 10.4 Å². The van der Waals surface area contributed by atoms with Gasteiger partial charge in [0, 0.05) is 8.41 Å². The predicted octanol–water partition coefficient (Wildman–Crippen LogP) is -4.07. The third kappa shape index (κ3) is 82.2. The van der Waals surface area contributed by atoms with Crippen LogP contribution in [0.15, 0.2) is 0 Å². The van der Waals surface area contributed by atoms with Crippen molar-refractivity contribution in [2.45, 2.75) is 0 Å². The predicted molar refractivity (Wildman–Crippen MR) is 29.0 cm³/mol. The first-order valence-corrected chi connectivity index (χ1v) is 2.10. The van der Waals surface area contributed by atoms with Crippen LogP contribution in [0.3, 0.4) is 0 Å². The maximum atomic E-state index is 8.74. The Kier molecular flexibility index (Phi) is 26.2. The van der Waals surface area contributed by atoms with Crippen molar-refractivity contribution in [3.05, 3.63) is 0 Å². The van der Waals surface area contributed by atoms with Crippen LogP contribution in [0.4, 0.5) is 0 Å².